The van der Waals surface area contributed by atoms with E-state index in [4.69, 9.17) is 16.2 Å². The topological polar surface area (TPSA) is 107 Å². The van der Waals surface area contributed by atoms with Gasteiger partial charge in [0.15, 0.2) is 6.61 Å². The number of hydrogen-bond acceptors (Lipinski definition) is 4. The number of anilines is 1. The summed E-state index contributed by atoms with van der Waals surface area (Å²) >= 11 is 0. The lowest BCUT2D eigenvalue weighted by Crippen LogP contribution is -2.20. The Balaban J connectivity index is 0.00000361. The Hall–Kier alpha value is -1.79. The molecule has 5 N–H and O–H groups in total. The number of nitrogens with one attached hydrogen (secondary N) is 1. The third-order valence-electron chi connectivity index (χ3n) is 2.35. The van der Waals surface area contributed by atoms with E-state index in [9.17, 15) is 9.59 Å². The van der Waals surface area contributed by atoms with Gasteiger partial charge >= 0.3 is 0 Å². The van der Waals surface area contributed by atoms with Gasteiger partial charge in [-0.05, 0) is 37.6 Å². The molecule has 0 saturated carbocycles. The molecule has 112 valence electrons. The highest BCUT2D eigenvalue weighted by Crippen LogP contribution is 2.15. The van der Waals surface area contributed by atoms with Crippen LogP contribution in [0.4, 0.5) is 5.69 Å². The van der Waals surface area contributed by atoms with E-state index >= 15 is 0 Å². The summed E-state index contributed by atoms with van der Waals surface area (Å²) in [4.78, 5) is 22.1. The first-order chi connectivity index (χ1) is 8.97. The van der Waals surface area contributed by atoms with Gasteiger partial charge in [0.2, 0.25) is 5.91 Å². The number of amides is 2. The van der Waals surface area contributed by atoms with Crippen molar-refractivity contribution in [3.05, 3.63) is 24.3 Å². The molecule has 0 fully saturated rings. The highest BCUT2D eigenvalue weighted by Gasteiger charge is 2.04. The van der Waals surface area contributed by atoms with Crippen LogP contribution >= 0.6 is 12.4 Å². The summed E-state index contributed by atoms with van der Waals surface area (Å²) in [6.45, 7) is 1.69. The van der Waals surface area contributed by atoms with Crippen molar-refractivity contribution in [2.24, 2.45) is 11.5 Å². The normalized spacial score (nSPS) is 11.1. The summed E-state index contributed by atoms with van der Waals surface area (Å²) in [5, 5.41) is 2.75. The quantitative estimate of drug-likeness (QED) is 0.699. The Labute approximate surface area is 124 Å². The first-order valence-electron chi connectivity index (χ1n) is 6.04. The van der Waals surface area contributed by atoms with E-state index < -0.39 is 5.91 Å². The van der Waals surface area contributed by atoms with E-state index in [1.807, 2.05) is 6.92 Å². The second-order valence-corrected chi connectivity index (χ2v) is 4.34. The van der Waals surface area contributed by atoms with Crippen LogP contribution in [0.1, 0.15) is 19.8 Å². The Morgan fingerprint density at radius 2 is 1.90 bits per heavy atom. The average Bonchev–Trinajstić information content (AvgIpc) is 2.35. The fraction of sp³-hybridized carbons (Fsp3) is 0.385. The largest absolute Gasteiger partial charge is 0.484 e. The number of rotatable bonds is 7. The predicted molar refractivity (Wildman–Crippen MR) is 79.9 cm³/mol. The average molecular weight is 302 g/mol. The summed E-state index contributed by atoms with van der Waals surface area (Å²) in [6.07, 6.45) is 1.03. The first-order valence-corrected chi connectivity index (χ1v) is 6.04. The van der Waals surface area contributed by atoms with E-state index in [2.05, 4.69) is 5.32 Å². The predicted octanol–water partition coefficient (Wildman–Crippen LogP) is 1.04. The van der Waals surface area contributed by atoms with Gasteiger partial charge in [-0.15, -0.1) is 12.4 Å². The molecule has 7 heteroatoms. The van der Waals surface area contributed by atoms with Crippen molar-refractivity contribution in [2.45, 2.75) is 25.8 Å². The molecule has 0 heterocycles. The number of ether oxygens (including phenoxy) is 1. The summed E-state index contributed by atoms with van der Waals surface area (Å²) in [6, 6.07) is 6.71. The van der Waals surface area contributed by atoms with E-state index in [-0.39, 0.29) is 31.0 Å². The lowest BCUT2D eigenvalue weighted by atomic mass is 10.2. The summed E-state index contributed by atoms with van der Waals surface area (Å²) < 4.78 is 5.10. The molecule has 2 amide bonds. The Morgan fingerprint density at radius 1 is 1.30 bits per heavy atom. The van der Waals surface area contributed by atoms with E-state index in [0.717, 1.165) is 0 Å². The van der Waals surface area contributed by atoms with Crippen molar-refractivity contribution >= 4 is 29.9 Å². The SMILES string of the molecule is CC(N)CCC(=O)Nc1ccc(OCC(N)=O)cc1.Cl. The molecule has 0 aliphatic heterocycles. The number of primary amides is 1. The van der Waals surface area contributed by atoms with Gasteiger partial charge in [0.25, 0.3) is 5.91 Å². The maximum absolute atomic E-state index is 11.6. The molecule has 0 radical (unpaired) electrons. The lowest BCUT2D eigenvalue weighted by molar-refractivity contribution is -0.120. The number of benzene rings is 1. The minimum absolute atomic E-state index is 0. The van der Waals surface area contributed by atoms with Crippen molar-refractivity contribution in [1.82, 2.24) is 0 Å². The lowest BCUT2D eigenvalue weighted by Gasteiger charge is -2.08. The standard InChI is InChI=1S/C13H19N3O3.ClH/c1-9(14)2-7-13(18)16-10-3-5-11(6-4-10)19-8-12(15)17;/h3-6,9H,2,7-8,14H2,1H3,(H2,15,17)(H,16,18);1H. The fourth-order valence-electron chi connectivity index (χ4n) is 1.37. The summed E-state index contributed by atoms with van der Waals surface area (Å²) in [7, 11) is 0. The molecule has 0 aromatic heterocycles. The van der Waals surface area contributed by atoms with Crippen molar-refractivity contribution in [3.8, 4) is 5.75 Å². The zero-order valence-electron chi connectivity index (χ0n) is 11.3. The molecule has 0 saturated heterocycles. The Bertz CT molecular complexity index is 435. The van der Waals surface area contributed by atoms with E-state index in [1.165, 1.54) is 0 Å². The molecule has 6 nitrogen and oxygen atoms in total. The van der Waals surface area contributed by atoms with Crippen LogP contribution in [-0.4, -0.2) is 24.5 Å². The minimum atomic E-state index is -0.534. The molecule has 1 aromatic rings. The number of halogens is 1. The zero-order valence-corrected chi connectivity index (χ0v) is 12.1. The fourth-order valence-corrected chi connectivity index (χ4v) is 1.37. The summed E-state index contributed by atoms with van der Waals surface area (Å²) in [5.41, 5.74) is 11.2. The molecule has 0 bridgehead atoms. The van der Waals surface area contributed by atoms with Crippen LogP contribution in [0.5, 0.6) is 5.75 Å². The molecule has 1 atom stereocenters. The molecular weight excluding hydrogens is 282 g/mol. The maximum atomic E-state index is 11.6. The first kappa shape index (κ1) is 18.2. The highest BCUT2D eigenvalue weighted by atomic mass is 35.5. The monoisotopic (exact) mass is 301 g/mol. The van der Waals surface area contributed by atoms with Gasteiger partial charge in [-0.2, -0.15) is 0 Å². The number of hydrogen-bond donors (Lipinski definition) is 3. The Morgan fingerprint density at radius 3 is 2.40 bits per heavy atom. The van der Waals surface area contributed by atoms with Crippen molar-refractivity contribution in [3.63, 3.8) is 0 Å². The van der Waals surface area contributed by atoms with Crippen molar-refractivity contribution in [1.29, 1.82) is 0 Å². The van der Waals surface area contributed by atoms with Gasteiger partial charge in [0.05, 0.1) is 0 Å². The number of carbonyl (C=O) groups excluding carboxylic acids is 2. The van der Waals surface area contributed by atoms with Gasteiger partial charge in [-0.1, -0.05) is 0 Å². The summed E-state index contributed by atoms with van der Waals surface area (Å²) in [5.74, 6) is -0.0937. The van der Waals surface area contributed by atoms with Gasteiger partial charge in [-0.25, -0.2) is 0 Å². The maximum Gasteiger partial charge on any atom is 0.255 e. The van der Waals surface area contributed by atoms with Crippen molar-refractivity contribution in [2.75, 3.05) is 11.9 Å². The smallest absolute Gasteiger partial charge is 0.255 e. The van der Waals surface area contributed by atoms with Gasteiger partial charge < -0.3 is 21.5 Å². The number of carbonyl (C=O) groups is 2. The number of nitrogens with two attached hydrogens (primary N) is 2. The zero-order chi connectivity index (χ0) is 14.3. The molecule has 1 rings (SSSR count). The van der Waals surface area contributed by atoms with Crippen LogP contribution in [0.3, 0.4) is 0 Å². The van der Waals surface area contributed by atoms with E-state index in [1.54, 1.807) is 24.3 Å². The highest BCUT2D eigenvalue weighted by molar-refractivity contribution is 5.90. The molecule has 1 unspecified atom stereocenters. The van der Waals surface area contributed by atoms with Crippen LogP contribution in [-0.2, 0) is 9.59 Å². The van der Waals surface area contributed by atoms with Crippen LogP contribution in [0.2, 0.25) is 0 Å². The second-order valence-electron chi connectivity index (χ2n) is 4.34. The van der Waals surface area contributed by atoms with Crippen LogP contribution in [0.25, 0.3) is 0 Å². The van der Waals surface area contributed by atoms with Gasteiger partial charge in [-0.3, -0.25) is 9.59 Å². The van der Waals surface area contributed by atoms with Crippen LogP contribution in [0, 0.1) is 0 Å². The minimum Gasteiger partial charge on any atom is -0.484 e. The van der Waals surface area contributed by atoms with Crippen LogP contribution in [0.15, 0.2) is 24.3 Å². The van der Waals surface area contributed by atoms with Gasteiger partial charge in [0.1, 0.15) is 5.75 Å². The van der Waals surface area contributed by atoms with Gasteiger partial charge in [0, 0.05) is 18.2 Å². The molecule has 0 aliphatic carbocycles. The molecular formula is C13H20ClN3O3. The third-order valence-corrected chi connectivity index (χ3v) is 2.35. The molecule has 1 aromatic carbocycles. The third kappa shape index (κ3) is 7.60. The van der Waals surface area contributed by atoms with E-state index in [0.29, 0.717) is 24.3 Å². The second kappa shape index (κ2) is 9.17. The molecule has 0 aliphatic rings. The van der Waals surface area contributed by atoms with Crippen molar-refractivity contribution < 1.29 is 14.3 Å². The molecule has 0 spiro atoms. The molecule has 20 heavy (non-hydrogen) atoms. The Kier molecular flexibility index (Phi) is 8.35. The van der Waals surface area contributed by atoms with Crippen LogP contribution < -0.4 is 21.5 Å².